The van der Waals surface area contributed by atoms with E-state index in [4.69, 9.17) is 0 Å². The number of benzene rings is 1. The number of hydrogen-bond acceptors (Lipinski definition) is 4. The van der Waals surface area contributed by atoms with Crippen LogP contribution in [0.25, 0.3) is 0 Å². The van der Waals surface area contributed by atoms with Crippen LogP contribution in [-0.2, 0) is 6.42 Å². The van der Waals surface area contributed by atoms with Crippen molar-refractivity contribution in [2.24, 2.45) is 0 Å². The fourth-order valence-electron chi connectivity index (χ4n) is 1.15. The lowest BCUT2D eigenvalue weighted by molar-refractivity contribution is -0.394. The van der Waals surface area contributed by atoms with Gasteiger partial charge in [0.05, 0.1) is 15.9 Å². The molecule has 15 heavy (non-hydrogen) atoms. The molecule has 6 nitrogen and oxygen atoms in total. The Balaban J connectivity index is 3.25. The number of allylic oxidation sites excluding steroid dienone is 1. The van der Waals surface area contributed by atoms with E-state index in [-0.39, 0.29) is 11.4 Å². The second-order valence-electron chi connectivity index (χ2n) is 2.86. The molecule has 78 valence electrons. The lowest BCUT2D eigenvalue weighted by Gasteiger charge is -1.97. The summed E-state index contributed by atoms with van der Waals surface area (Å²) in [5.74, 6) is 0. The van der Waals surface area contributed by atoms with E-state index in [1.807, 2.05) is 0 Å². The highest BCUT2D eigenvalue weighted by Crippen LogP contribution is 2.22. The molecule has 0 fully saturated rings. The Morgan fingerprint density at radius 2 is 1.60 bits per heavy atom. The molecular formula is C9H8N2O4. The van der Waals surface area contributed by atoms with Gasteiger partial charge in [-0.15, -0.1) is 6.58 Å². The maximum Gasteiger partial charge on any atom is 0.276 e. The Morgan fingerprint density at radius 1 is 1.13 bits per heavy atom. The minimum Gasteiger partial charge on any atom is -0.258 e. The highest BCUT2D eigenvalue weighted by Gasteiger charge is 2.15. The summed E-state index contributed by atoms with van der Waals surface area (Å²) in [5, 5.41) is 21.0. The third-order valence-corrected chi connectivity index (χ3v) is 1.76. The molecule has 0 aliphatic carbocycles. The van der Waals surface area contributed by atoms with Crippen LogP contribution in [0.3, 0.4) is 0 Å². The molecule has 6 heteroatoms. The van der Waals surface area contributed by atoms with E-state index in [0.717, 1.165) is 6.07 Å². The van der Waals surface area contributed by atoms with Crippen LogP contribution < -0.4 is 0 Å². The van der Waals surface area contributed by atoms with Crippen LogP contribution in [0.5, 0.6) is 0 Å². The van der Waals surface area contributed by atoms with Crippen LogP contribution in [0.4, 0.5) is 11.4 Å². The molecular weight excluding hydrogens is 200 g/mol. The van der Waals surface area contributed by atoms with Gasteiger partial charge >= 0.3 is 0 Å². The van der Waals surface area contributed by atoms with Crippen molar-refractivity contribution in [3.63, 3.8) is 0 Å². The molecule has 0 unspecified atom stereocenters. The zero-order chi connectivity index (χ0) is 11.4. The monoisotopic (exact) mass is 208 g/mol. The molecule has 1 aromatic rings. The Bertz CT molecular complexity index is 396. The third kappa shape index (κ3) is 2.60. The Morgan fingerprint density at radius 3 is 1.93 bits per heavy atom. The van der Waals surface area contributed by atoms with E-state index in [1.54, 1.807) is 0 Å². The standard InChI is InChI=1S/C9H8N2O4/c1-2-3-7-4-8(10(12)13)6-9(5-7)11(14)15/h2,4-6H,1,3H2. The van der Waals surface area contributed by atoms with Gasteiger partial charge in [0.2, 0.25) is 0 Å². The van der Waals surface area contributed by atoms with E-state index in [0.29, 0.717) is 12.0 Å². The third-order valence-electron chi connectivity index (χ3n) is 1.76. The van der Waals surface area contributed by atoms with E-state index < -0.39 is 9.85 Å². The van der Waals surface area contributed by atoms with Crippen LogP contribution in [-0.4, -0.2) is 9.85 Å². The van der Waals surface area contributed by atoms with Gasteiger partial charge in [-0.3, -0.25) is 20.2 Å². The van der Waals surface area contributed by atoms with E-state index in [9.17, 15) is 20.2 Å². The number of nitro groups is 2. The van der Waals surface area contributed by atoms with Gasteiger partial charge < -0.3 is 0 Å². The second-order valence-corrected chi connectivity index (χ2v) is 2.86. The molecule has 1 aromatic carbocycles. The van der Waals surface area contributed by atoms with E-state index >= 15 is 0 Å². The van der Waals surface area contributed by atoms with Crippen molar-refractivity contribution in [2.75, 3.05) is 0 Å². The quantitative estimate of drug-likeness (QED) is 0.431. The predicted molar refractivity (Wildman–Crippen MR) is 53.7 cm³/mol. The minimum absolute atomic E-state index is 0.277. The molecule has 0 spiro atoms. The van der Waals surface area contributed by atoms with E-state index in [1.165, 1.54) is 18.2 Å². The van der Waals surface area contributed by atoms with Crippen molar-refractivity contribution in [1.82, 2.24) is 0 Å². The molecule has 1 rings (SSSR count). The molecule has 0 N–H and O–H groups in total. The number of nitro benzene ring substituents is 2. The second kappa shape index (κ2) is 4.32. The molecule has 0 radical (unpaired) electrons. The molecule has 0 aliphatic rings. The summed E-state index contributed by atoms with van der Waals surface area (Å²) in [6.07, 6.45) is 1.89. The lowest BCUT2D eigenvalue weighted by atomic mass is 10.1. The van der Waals surface area contributed by atoms with Gasteiger partial charge in [-0.1, -0.05) is 6.08 Å². The van der Waals surface area contributed by atoms with Crippen molar-refractivity contribution >= 4 is 11.4 Å². The first-order valence-electron chi connectivity index (χ1n) is 4.08. The minimum atomic E-state index is -0.653. The van der Waals surface area contributed by atoms with Gasteiger partial charge in [-0.25, -0.2) is 0 Å². The first-order valence-corrected chi connectivity index (χ1v) is 4.08. The lowest BCUT2D eigenvalue weighted by Crippen LogP contribution is -1.95. The van der Waals surface area contributed by atoms with Crippen LogP contribution >= 0.6 is 0 Å². The first-order chi connectivity index (χ1) is 7.04. The van der Waals surface area contributed by atoms with Crippen LogP contribution in [0.1, 0.15) is 5.56 Å². The highest BCUT2D eigenvalue weighted by atomic mass is 16.6. The normalized spacial score (nSPS) is 9.60. The zero-order valence-electron chi connectivity index (χ0n) is 7.75. The molecule has 0 saturated carbocycles. The SMILES string of the molecule is C=CCc1cc([N+](=O)[O-])cc([N+](=O)[O-])c1. The Hall–Kier alpha value is -2.24. The van der Waals surface area contributed by atoms with Crippen LogP contribution in [0.15, 0.2) is 30.9 Å². The van der Waals surface area contributed by atoms with Crippen molar-refractivity contribution in [3.05, 3.63) is 56.6 Å². The van der Waals surface area contributed by atoms with E-state index in [2.05, 4.69) is 6.58 Å². The summed E-state index contributed by atoms with van der Waals surface area (Å²) in [6, 6.07) is 3.54. The molecule has 0 atom stereocenters. The number of hydrogen-bond donors (Lipinski definition) is 0. The molecule has 0 aliphatic heterocycles. The van der Waals surface area contributed by atoms with Gasteiger partial charge in [0.25, 0.3) is 11.4 Å². The fourth-order valence-corrected chi connectivity index (χ4v) is 1.15. The van der Waals surface area contributed by atoms with Crippen molar-refractivity contribution < 1.29 is 9.85 Å². The molecule has 0 saturated heterocycles. The maximum atomic E-state index is 10.5. The largest absolute Gasteiger partial charge is 0.276 e. The summed E-state index contributed by atoms with van der Waals surface area (Å²) in [4.78, 5) is 19.7. The van der Waals surface area contributed by atoms with Gasteiger partial charge in [-0.05, 0) is 12.0 Å². The summed E-state index contributed by atoms with van der Waals surface area (Å²) >= 11 is 0. The maximum absolute atomic E-state index is 10.5. The Kier molecular flexibility index (Phi) is 3.12. The van der Waals surface area contributed by atoms with Crippen LogP contribution in [0.2, 0.25) is 0 Å². The Labute approximate surface area is 85.1 Å². The number of nitrogens with zero attached hydrogens (tertiary/aromatic N) is 2. The number of non-ortho nitro benzene ring substituents is 2. The topological polar surface area (TPSA) is 86.3 Å². The average Bonchev–Trinajstić information content (AvgIpc) is 2.17. The summed E-state index contributed by atoms with van der Waals surface area (Å²) in [7, 11) is 0. The van der Waals surface area contributed by atoms with Crippen molar-refractivity contribution in [1.29, 1.82) is 0 Å². The van der Waals surface area contributed by atoms with Gasteiger partial charge in [0.1, 0.15) is 0 Å². The van der Waals surface area contributed by atoms with Gasteiger partial charge in [0.15, 0.2) is 0 Å². The summed E-state index contributed by atoms with van der Waals surface area (Å²) in [6.45, 7) is 3.47. The van der Waals surface area contributed by atoms with Gasteiger partial charge in [-0.2, -0.15) is 0 Å². The summed E-state index contributed by atoms with van der Waals surface area (Å²) < 4.78 is 0. The average molecular weight is 208 g/mol. The highest BCUT2D eigenvalue weighted by molar-refractivity contribution is 5.47. The summed E-state index contributed by atoms with van der Waals surface area (Å²) in [5.41, 5.74) is -0.0481. The van der Waals surface area contributed by atoms with Crippen LogP contribution in [0, 0.1) is 20.2 Å². The molecule has 0 bridgehead atoms. The fraction of sp³-hybridized carbons (Fsp3) is 0.111. The number of rotatable bonds is 4. The molecule has 0 amide bonds. The van der Waals surface area contributed by atoms with Crippen molar-refractivity contribution in [2.45, 2.75) is 6.42 Å². The van der Waals surface area contributed by atoms with Crippen molar-refractivity contribution in [3.8, 4) is 0 Å². The van der Waals surface area contributed by atoms with Gasteiger partial charge in [0, 0.05) is 12.1 Å². The molecule has 0 aromatic heterocycles. The molecule has 0 heterocycles. The first kappa shape index (κ1) is 10.8. The zero-order valence-corrected chi connectivity index (χ0v) is 7.75. The smallest absolute Gasteiger partial charge is 0.258 e. The predicted octanol–water partition coefficient (Wildman–Crippen LogP) is 2.23.